The van der Waals surface area contributed by atoms with Crippen molar-refractivity contribution in [2.45, 2.75) is 13.5 Å². The first-order chi connectivity index (χ1) is 15.6. The largest absolute Gasteiger partial charge is 0.487 e. The van der Waals surface area contributed by atoms with Gasteiger partial charge in [0.25, 0.3) is 5.56 Å². The molecule has 2 aromatic heterocycles. The minimum atomic E-state index is -0.731. The first-order valence-electron chi connectivity index (χ1n) is 9.57. The molecular formula is C21H17ClN6O4. The van der Waals surface area contributed by atoms with Crippen LogP contribution in [0.1, 0.15) is 22.8 Å². The van der Waals surface area contributed by atoms with E-state index < -0.39 is 11.5 Å². The summed E-state index contributed by atoms with van der Waals surface area (Å²) in [5.74, 6) is 0.0204. The van der Waals surface area contributed by atoms with E-state index in [0.717, 1.165) is 5.56 Å². The second-order valence-corrected chi connectivity index (χ2v) is 6.92. The fraction of sp³-hybridized carbons (Fsp3) is 0.143. The molecule has 10 nitrogen and oxygen atoms in total. The lowest BCUT2D eigenvalue weighted by atomic mass is 10.1. The number of hydrogen-bond donors (Lipinski definition) is 1. The van der Waals surface area contributed by atoms with Crippen LogP contribution >= 0.6 is 11.6 Å². The van der Waals surface area contributed by atoms with Crippen LogP contribution in [-0.4, -0.2) is 42.8 Å². The Morgan fingerprint density at radius 1 is 1.22 bits per heavy atom. The predicted octanol–water partition coefficient (Wildman–Crippen LogP) is 2.82. The smallest absolute Gasteiger partial charge is 0.345 e. The van der Waals surface area contributed by atoms with Crippen LogP contribution in [0.2, 0.25) is 5.02 Å². The number of carbonyl (C=O) groups excluding carboxylic acids is 1. The molecule has 1 N–H and O–H groups in total. The number of carbonyl (C=O) groups is 1. The molecule has 0 saturated heterocycles. The topological polar surface area (TPSA) is 125 Å². The van der Waals surface area contributed by atoms with Gasteiger partial charge in [0.15, 0.2) is 0 Å². The van der Waals surface area contributed by atoms with Crippen LogP contribution in [0.5, 0.6) is 5.75 Å². The summed E-state index contributed by atoms with van der Waals surface area (Å²) in [6, 6.07) is 12.5. The number of benzene rings is 2. The molecule has 4 aromatic rings. The van der Waals surface area contributed by atoms with Gasteiger partial charge >= 0.3 is 5.97 Å². The Balaban J connectivity index is 1.67. The maximum atomic E-state index is 12.3. The summed E-state index contributed by atoms with van der Waals surface area (Å²) >= 11 is 6.21. The molecule has 2 heterocycles. The second kappa shape index (κ2) is 9.40. The Kier molecular flexibility index (Phi) is 6.22. The molecular weight excluding hydrogens is 436 g/mol. The SMILES string of the molecule is CCOC(=O)c1cnc(-c2ccc(OCc3ccccc3Cl)c(-n3cnnn3)c2)[nH]c1=O. The summed E-state index contributed by atoms with van der Waals surface area (Å²) in [4.78, 5) is 31.0. The van der Waals surface area contributed by atoms with E-state index >= 15 is 0 Å². The van der Waals surface area contributed by atoms with Crippen molar-refractivity contribution >= 4 is 17.6 Å². The molecule has 0 amide bonds. The first-order valence-corrected chi connectivity index (χ1v) is 9.95. The average Bonchev–Trinajstić information content (AvgIpc) is 3.33. The molecule has 0 unspecified atom stereocenters. The molecule has 4 rings (SSSR count). The Morgan fingerprint density at radius 2 is 2.06 bits per heavy atom. The molecule has 0 spiro atoms. The van der Waals surface area contributed by atoms with Gasteiger partial charge in [-0.1, -0.05) is 29.8 Å². The number of rotatable bonds is 7. The molecule has 32 heavy (non-hydrogen) atoms. The minimum Gasteiger partial charge on any atom is -0.487 e. The normalized spacial score (nSPS) is 10.7. The Morgan fingerprint density at radius 3 is 2.78 bits per heavy atom. The van der Waals surface area contributed by atoms with Gasteiger partial charge in [-0.2, -0.15) is 4.68 Å². The number of halogens is 1. The third-order valence-electron chi connectivity index (χ3n) is 4.46. The van der Waals surface area contributed by atoms with Crippen molar-refractivity contribution in [3.63, 3.8) is 0 Å². The highest BCUT2D eigenvalue weighted by molar-refractivity contribution is 6.31. The van der Waals surface area contributed by atoms with E-state index in [-0.39, 0.29) is 24.6 Å². The van der Waals surface area contributed by atoms with Crippen molar-refractivity contribution in [2.24, 2.45) is 0 Å². The van der Waals surface area contributed by atoms with E-state index in [1.165, 1.54) is 17.2 Å². The molecule has 11 heteroatoms. The highest BCUT2D eigenvalue weighted by Crippen LogP contribution is 2.28. The van der Waals surface area contributed by atoms with E-state index in [9.17, 15) is 9.59 Å². The fourth-order valence-electron chi connectivity index (χ4n) is 2.90. The van der Waals surface area contributed by atoms with Crippen molar-refractivity contribution in [3.8, 4) is 22.8 Å². The van der Waals surface area contributed by atoms with Crippen molar-refractivity contribution in [2.75, 3.05) is 6.61 Å². The summed E-state index contributed by atoms with van der Waals surface area (Å²) in [5.41, 5.74) is 1.14. The number of nitrogens with zero attached hydrogens (tertiary/aromatic N) is 5. The van der Waals surface area contributed by atoms with Gasteiger partial charge in [-0.25, -0.2) is 9.78 Å². The number of aromatic amines is 1. The molecule has 0 saturated carbocycles. The molecule has 0 radical (unpaired) electrons. The molecule has 0 fully saturated rings. The lowest BCUT2D eigenvalue weighted by molar-refractivity contribution is 0.0523. The van der Waals surface area contributed by atoms with Gasteiger partial charge in [-0.05, 0) is 41.6 Å². The van der Waals surface area contributed by atoms with E-state index in [0.29, 0.717) is 22.0 Å². The quantitative estimate of drug-likeness (QED) is 0.424. The first kappa shape index (κ1) is 21.2. The van der Waals surface area contributed by atoms with Gasteiger partial charge in [0.05, 0.1) is 6.61 Å². The maximum absolute atomic E-state index is 12.3. The number of hydrogen-bond acceptors (Lipinski definition) is 8. The second-order valence-electron chi connectivity index (χ2n) is 6.51. The third kappa shape index (κ3) is 4.49. The lowest BCUT2D eigenvalue weighted by Crippen LogP contribution is -2.21. The summed E-state index contributed by atoms with van der Waals surface area (Å²) < 4.78 is 12.3. The lowest BCUT2D eigenvalue weighted by Gasteiger charge is -2.13. The molecule has 162 valence electrons. The molecule has 0 aliphatic carbocycles. The van der Waals surface area contributed by atoms with Gasteiger partial charge in [0, 0.05) is 22.3 Å². The maximum Gasteiger partial charge on any atom is 0.345 e. The summed E-state index contributed by atoms with van der Waals surface area (Å²) in [6.07, 6.45) is 2.60. The Bertz CT molecular complexity index is 1310. The van der Waals surface area contributed by atoms with Gasteiger partial charge < -0.3 is 14.5 Å². The monoisotopic (exact) mass is 452 g/mol. The van der Waals surface area contributed by atoms with Crippen LogP contribution < -0.4 is 10.3 Å². The van der Waals surface area contributed by atoms with Gasteiger partial charge in [-0.3, -0.25) is 4.79 Å². The van der Waals surface area contributed by atoms with E-state index in [1.807, 2.05) is 18.2 Å². The molecule has 0 bridgehead atoms. The van der Waals surface area contributed by atoms with Crippen LogP contribution in [0.25, 0.3) is 17.1 Å². The van der Waals surface area contributed by atoms with E-state index in [1.54, 1.807) is 31.2 Å². The van der Waals surface area contributed by atoms with Gasteiger partial charge in [-0.15, -0.1) is 5.10 Å². The summed E-state index contributed by atoms with van der Waals surface area (Å²) in [5, 5.41) is 11.9. The molecule has 2 aromatic carbocycles. The van der Waals surface area contributed by atoms with Crippen molar-refractivity contribution in [1.82, 2.24) is 30.2 Å². The van der Waals surface area contributed by atoms with Gasteiger partial charge in [0.1, 0.15) is 35.8 Å². The summed E-state index contributed by atoms with van der Waals surface area (Å²) in [6.45, 7) is 2.05. The van der Waals surface area contributed by atoms with Crippen LogP contribution in [-0.2, 0) is 11.3 Å². The van der Waals surface area contributed by atoms with Crippen molar-refractivity contribution < 1.29 is 14.3 Å². The Hall–Kier alpha value is -4.05. The summed E-state index contributed by atoms with van der Waals surface area (Å²) in [7, 11) is 0. The van der Waals surface area contributed by atoms with Crippen LogP contribution in [0.15, 0.2) is 59.8 Å². The molecule has 0 aliphatic heterocycles. The van der Waals surface area contributed by atoms with Crippen molar-refractivity contribution in [3.05, 3.63) is 81.5 Å². The van der Waals surface area contributed by atoms with Crippen LogP contribution in [0, 0.1) is 0 Å². The third-order valence-corrected chi connectivity index (χ3v) is 4.83. The van der Waals surface area contributed by atoms with Crippen LogP contribution in [0.3, 0.4) is 0 Å². The number of H-pyrrole nitrogens is 1. The average molecular weight is 453 g/mol. The number of aromatic nitrogens is 6. The highest BCUT2D eigenvalue weighted by Gasteiger charge is 2.16. The van der Waals surface area contributed by atoms with E-state index in [4.69, 9.17) is 21.1 Å². The van der Waals surface area contributed by atoms with Gasteiger partial charge in [0.2, 0.25) is 0 Å². The fourth-order valence-corrected chi connectivity index (χ4v) is 3.09. The predicted molar refractivity (Wildman–Crippen MR) is 115 cm³/mol. The molecule has 0 atom stereocenters. The number of tetrazole rings is 1. The molecule has 0 aliphatic rings. The minimum absolute atomic E-state index is 0.158. The highest BCUT2D eigenvalue weighted by atomic mass is 35.5. The number of esters is 1. The number of nitrogens with one attached hydrogen (secondary N) is 1. The van der Waals surface area contributed by atoms with E-state index in [2.05, 4.69) is 25.5 Å². The zero-order chi connectivity index (χ0) is 22.5. The number of ether oxygens (including phenoxy) is 2. The standard InChI is InChI=1S/C21H17ClN6O4/c1-2-31-21(30)15-10-23-19(25-20(15)29)13-7-8-18(17(9-13)28-12-24-26-27-28)32-11-14-5-3-4-6-16(14)22/h3-10,12H,2,11H2,1H3,(H,23,25,29). The zero-order valence-electron chi connectivity index (χ0n) is 16.9. The van der Waals surface area contributed by atoms with Crippen molar-refractivity contribution in [1.29, 1.82) is 0 Å². The van der Waals surface area contributed by atoms with Crippen LogP contribution in [0.4, 0.5) is 0 Å². The Labute approximate surface area is 186 Å². The zero-order valence-corrected chi connectivity index (χ0v) is 17.6.